The topological polar surface area (TPSA) is 63.8 Å². The van der Waals surface area contributed by atoms with E-state index in [0.29, 0.717) is 0 Å². The Labute approximate surface area is 100 Å². The van der Waals surface area contributed by atoms with Gasteiger partial charge in [-0.3, -0.25) is 0 Å². The normalized spacial score (nSPS) is 10.3. The van der Waals surface area contributed by atoms with Crippen molar-refractivity contribution in [1.29, 1.82) is 0 Å². The number of hydrogen-bond acceptors (Lipinski definition) is 4. The smallest absolute Gasteiger partial charge is 0.224 e. The van der Waals surface area contributed by atoms with Crippen LogP contribution in [0.4, 0.5) is 26.0 Å². The molecule has 0 saturated heterocycles. The number of anilines is 3. The minimum atomic E-state index is -0.751. The van der Waals surface area contributed by atoms with E-state index < -0.39 is 11.6 Å². The van der Waals surface area contributed by atoms with Crippen molar-refractivity contribution in [3.8, 4) is 0 Å². The first kappa shape index (κ1) is 11.5. The lowest BCUT2D eigenvalue weighted by Crippen LogP contribution is -2.02. The van der Waals surface area contributed by atoms with E-state index in [4.69, 9.17) is 17.3 Å². The second-order valence-corrected chi connectivity index (χ2v) is 3.53. The van der Waals surface area contributed by atoms with Gasteiger partial charge in [0.25, 0.3) is 0 Å². The van der Waals surface area contributed by atoms with E-state index in [1.54, 1.807) is 0 Å². The van der Waals surface area contributed by atoms with Gasteiger partial charge in [-0.1, -0.05) is 0 Å². The average Bonchev–Trinajstić information content (AvgIpc) is 2.27. The molecule has 0 saturated carbocycles. The monoisotopic (exact) mass is 256 g/mol. The zero-order valence-corrected chi connectivity index (χ0v) is 9.17. The highest BCUT2D eigenvalue weighted by atomic mass is 35.5. The van der Waals surface area contributed by atoms with E-state index in [1.807, 2.05) is 0 Å². The van der Waals surface area contributed by atoms with Gasteiger partial charge in [-0.05, 0) is 23.7 Å². The standard InChI is InChI=1S/C10H7ClF2N4/c11-10-15-4-7(14)9(17-10)16-8-2-1-5(12)3-6(8)13/h1-4H,14H2,(H,15,16,17). The summed E-state index contributed by atoms with van der Waals surface area (Å²) in [7, 11) is 0. The fourth-order valence-corrected chi connectivity index (χ4v) is 1.32. The highest BCUT2D eigenvalue weighted by Gasteiger charge is 2.08. The third-order valence-corrected chi connectivity index (χ3v) is 2.15. The van der Waals surface area contributed by atoms with Gasteiger partial charge < -0.3 is 11.1 Å². The lowest BCUT2D eigenvalue weighted by molar-refractivity contribution is 0.586. The highest BCUT2D eigenvalue weighted by molar-refractivity contribution is 6.28. The molecule has 2 rings (SSSR count). The van der Waals surface area contributed by atoms with Crippen LogP contribution in [0.2, 0.25) is 5.28 Å². The summed E-state index contributed by atoms with van der Waals surface area (Å²) in [5.74, 6) is -1.25. The van der Waals surface area contributed by atoms with Crippen molar-refractivity contribution in [1.82, 2.24) is 9.97 Å². The Morgan fingerprint density at radius 1 is 1.29 bits per heavy atom. The number of nitrogens with one attached hydrogen (secondary N) is 1. The molecule has 0 aliphatic rings. The number of nitrogens with two attached hydrogens (primary N) is 1. The van der Waals surface area contributed by atoms with Crippen molar-refractivity contribution in [2.75, 3.05) is 11.1 Å². The molecule has 3 N–H and O–H groups in total. The van der Waals surface area contributed by atoms with Crippen LogP contribution in [0.1, 0.15) is 0 Å². The zero-order chi connectivity index (χ0) is 12.4. The van der Waals surface area contributed by atoms with E-state index in [0.717, 1.165) is 12.1 Å². The number of nitrogens with zero attached hydrogens (tertiary/aromatic N) is 2. The summed E-state index contributed by atoms with van der Waals surface area (Å²) in [6.45, 7) is 0. The van der Waals surface area contributed by atoms with Gasteiger partial charge in [0.2, 0.25) is 5.28 Å². The van der Waals surface area contributed by atoms with E-state index in [-0.39, 0.29) is 22.5 Å². The molecule has 7 heteroatoms. The van der Waals surface area contributed by atoms with Crippen LogP contribution in [0.25, 0.3) is 0 Å². The van der Waals surface area contributed by atoms with E-state index in [9.17, 15) is 8.78 Å². The number of rotatable bonds is 2. The molecular formula is C10H7ClF2N4. The molecular weight excluding hydrogens is 250 g/mol. The fraction of sp³-hybridized carbons (Fsp3) is 0. The van der Waals surface area contributed by atoms with E-state index in [2.05, 4.69) is 15.3 Å². The van der Waals surface area contributed by atoms with Crippen molar-refractivity contribution < 1.29 is 8.78 Å². The Morgan fingerprint density at radius 3 is 2.76 bits per heavy atom. The van der Waals surface area contributed by atoms with Crippen LogP contribution in [0.5, 0.6) is 0 Å². The Bertz CT molecular complexity index is 562. The van der Waals surface area contributed by atoms with E-state index >= 15 is 0 Å². The van der Waals surface area contributed by atoms with Gasteiger partial charge in [0.05, 0.1) is 17.6 Å². The molecule has 0 aliphatic heterocycles. The number of halogens is 3. The summed E-state index contributed by atoms with van der Waals surface area (Å²) in [6, 6.07) is 3.10. The van der Waals surface area contributed by atoms with Gasteiger partial charge in [0, 0.05) is 6.07 Å². The Morgan fingerprint density at radius 2 is 2.06 bits per heavy atom. The molecule has 2 aromatic rings. The predicted octanol–water partition coefficient (Wildman–Crippen LogP) is 2.73. The van der Waals surface area contributed by atoms with Crippen molar-refractivity contribution in [3.05, 3.63) is 41.3 Å². The van der Waals surface area contributed by atoms with Crippen LogP contribution in [0.3, 0.4) is 0 Å². The molecule has 0 radical (unpaired) electrons. The Hall–Kier alpha value is -1.95. The summed E-state index contributed by atoms with van der Waals surface area (Å²) < 4.78 is 26.0. The molecule has 0 bridgehead atoms. The van der Waals surface area contributed by atoms with Gasteiger partial charge in [0.15, 0.2) is 5.82 Å². The predicted molar refractivity (Wildman–Crippen MR) is 61.1 cm³/mol. The Kier molecular flexibility index (Phi) is 3.06. The number of benzene rings is 1. The summed E-state index contributed by atoms with van der Waals surface area (Å²) in [4.78, 5) is 7.44. The van der Waals surface area contributed by atoms with Gasteiger partial charge >= 0.3 is 0 Å². The van der Waals surface area contributed by atoms with Gasteiger partial charge in [-0.25, -0.2) is 13.8 Å². The third kappa shape index (κ3) is 2.59. The molecule has 1 heterocycles. The van der Waals surface area contributed by atoms with Gasteiger partial charge in [0.1, 0.15) is 11.6 Å². The van der Waals surface area contributed by atoms with E-state index in [1.165, 1.54) is 12.3 Å². The molecule has 0 spiro atoms. The molecule has 0 aliphatic carbocycles. The molecule has 4 nitrogen and oxygen atoms in total. The molecule has 1 aromatic heterocycles. The van der Waals surface area contributed by atoms with Crippen molar-refractivity contribution in [2.24, 2.45) is 0 Å². The third-order valence-electron chi connectivity index (χ3n) is 1.97. The first-order chi connectivity index (χ1) is 8.06. The van der Waals surface area contributed by atoms with Crippen LogP contribution in [0.15, 0.2) is 24.4 Å². The van der Waals surface area contributed by atoms with Gasteiger partial charge in [-0.2, -0.15) is 4.98 Å². The maximum atomic E-state index is 13.3. The molecule has 0 amide bonds. The molecule has 17 heavy (non-hydrogen) atoms. The summed E-state index contributed by atoms with van der Waals surface area (Å²) in [5.41, 5.74) is 5.83. The number of aromatic nitrogens is 2. The lowest BCUT2D eigenvalue weighted by Gasteiger charge is -2.08. The first-order valence-corrected chi connectivity index (χ1v) is 4.94. The summed E-state index contributed by atoms with van der Waals surface area (Å²) in [6.07, 6.45) is 1.29. The minimum absolute atomic E-state index is 0.0239. The average molecular weight is 257 g/mol. The minimum Gasteiger partial charge on any atom is -0.394 e. The van der Waals surface area contributed by atoms with Crippen LogP contribution < -0.4 is 11.1 Å². The van der Waals surface area contributed by atoms with Crippen molar-refractivity contribution in [3.63, 3.8) is 0 Å². The quantitative estimate of drug-likeness (QED) is 0.811. The van der Waals surface area contributed by atoms with Crippen molar-refractivity contribution in [2.45, 2.75) is 0 Å². The highest BCUT2D eigenvalue weighted by Crippen LogP contribution is 2.23. The summed E-state index contributed by atoms with van der Waals surface area (Å²) >= 11 is 5.58. The van der Waals surface area contributed by atoms with Crippen molar-refractivity contribution >= 4 is 28.8 Å². The second-order valence-electron chi connectivity index (χ2n) is 3.19. The molecule has 0 unspecified atom stereocenters. The lowest BCUT2D eigenvalue weighted by atomic mass is 10.3. The molecule has 88 valence electrons. The fourth-order valence-electron chi connectivity index (χ4n) is 1.19. The zero-order valence-electron chi connectivity index (χ0n) is 8.42. The van der Waals surface area contributed by atoms with Crippen LogP contribution in [-0.4, -0.2) is 9.97 Å². The number of nitrogen functional groups attached to an aromatic ring is 1. The molecule has 0 fully saturated rings. The molecule has 0 atom stereocenters. The summed E-state index contributed by atoms with van der Waals surface area (Å²) in [5, 5.41) is 2.58. The van der Waals surface area contributed by atoms with Crippen LogP contribution >= 0.6 is 11.6 Å². The second kappa shape index (κ2) is 4.50. The number of hydrogen-bond donors (Lipinski definition) is 2. The maximum Gasteiger partial charge on any atom is 0.224 e. The Balaban J connectivity index is 2.34. The first-order valence-electron chi connectivity index (χ1n) is 4.56. The van der Waals surface area contributed by atoms with Gasteiger partial charge in [-0.15, -0.1) is 0 Å². The van der Waals surface area contributed by atoms with Crippen LogP contribution in [-0.2, 0) is 0 Å². The largest absolute Gasteiger partial charge is 0.394 e. The SMILES string of the molecule is Nc1cnc(Cl)nc1Nc1ccc(F)cc1F. The van der Waals surface area contributed by atoms with Crippen LogP contribution in [0, 0.1) is 11.6 Å². The molecule has 1 aromatic carbocycles. The maximum absolute atomic E-state index is 13.3.